The molecule has 2 aromatic rings. The number of benzene rings is 1. The van der Waals surface area contributed by atoms with Gasteiger partial charge in [-0.25, -0.2) is 8.78 Å². The molecule has 5 heteroatoms. The van der Waals surface area contributed by atoms with Gasteiger partial charge in [-0.3, -0.25) is 0 Å². The van der Waals surface area contributed by atoms with Gasteiger partial charge in [-0.15, -0.1) is 0 Å². The highest BCUT2D eigenvalue weighted by Crippen LogP contribution is 2.45. The van der Waals surface area contributed by atoms with Crippen molar-refractivity contribution in [1.82, 2.24) is 5.16 Å². The second-order valence-corrected chi connectivity index (χ2v) is 5.45. The van der Waals surface area contributed by atoms with Crippen LogP contribution in [-0.4, -0.2) is 5.16 Å². The van der Waals surface area contributed by atoms with Crippen LogP contribution in [0.2, 0.25) is 0 Å². The Morgan fingerprint density at radius 1 is 1.30 bits per heavy atom. The largest absolute Gasteiger partial charge is 0.380 e. The molecule has 0 aliphatic heterocycles. The number of nitrogen functional groups attached to an aromatic ring is 1. The third-order valence-corrected chi connectivity index (χ3v) is 4.14. The summed E-state index contributed by atoms with van der Waals surface area (Å²) in [5.41, 5.74) is 6.55. The average molecular weight is 278 g/mol. The highest BCUT2D eigenvalue weighted by molar-refractivity contribution is 5.76. The maximum Gasteiger partial charge on any atom is 0.175 e. The number of nitrogens with two attached hydrogens (primary N) is 1. The van der Waals surface area contributed by atoms with E-state index in [0.29, 0.717) is 17.2 Å². The van der Waals surface area contributed by atoms with Gasteiger partial charge in [-0.2, -0.15) is 0 Å². The molecule has 0 bridgehead atoms. The molecule has 1 aliphatic rings. The topological polar surface area (TPSA) is 52.0 Å². The summed E-state index contributed by atoms with van der Waals surface area (Å²) in [5.74, 6) is 0.162. The Morgan fingerprint density at radius 2 is 2.10 bits per heavy atom. The SMILES string of the molecule is CC1CCCC1c1onc(N)c1-c1ccc(F)cc1F. The van der Waals surface area contributed by atoms with E-state index in [0.717, 1.165) is 25.3 Å². The number of rotatable bonds is 2. The van der Waals surface area contributed by atoms with Gasteiger partial charge in [-0.1, -0.05) is 18.5 Å². The van der Waals surface area contributed by atoms with Gasteiger partial charge >= 0.3 is 0 Å². The molecule has 2 N–H and O–H groups in total. The molecule has 1 aliphatic carbocycles. The van der Waals surface area contributed by atoms with E-state index in [-0.39, 0.29) is 17.3 Å². The zero-order valence-corrected chi connectivity index (χ0v) is 11.2. The number of aromatic nitrogens is 1. The molecule has 1 heterocycles. The van der Waals surface area contributed by atoms with Crippen LogP contribution in [0, 0.1) is 17.6 Å². The molecule has 0 amide bonds. The lowest BCUT2D eigenvalue weighted by Gasteiger charge is -2.14. The molecule has 20 heavy (non-hydrogen) atoms. The predicted octanol–water partition coefficient (Wildman–Crippen LogP) is 4.11. The monoisotopic (exact) mass is 278 g/mol. The number of hydrogen-bond acceptors (Lipinski definition) is 3. The summed E-state index contributed by atoms with van der Waals surface area (Å²) in [6.07, 6.45) is 3.19. The molecular weight excluding hydrogens is 262 g/mol. The molecule has 2 atom stereocenters. The summed E-state index contributed by atoms with van der Waals surface area (Å²) in [4.78, 5) is 0. The standard InChI is InChI=1S/C15H16F2N2O/c1-8-3-2-4-10(8)14-13(15(18)19-20-14)11-6-5-9(16)7-12(11)17/h5-8,10H,2-4H2,1H3,(H2,18,19). The maximum atomic E-state index is 14.0. The molecule has 106 valence electrons. The van der Waals surface area contributed by atoms with Crippen molar-refractivity contribution in [2.75, 3.05) is 5.73 Å². The number of nitrogens with zero attached hydrogens (tertiary/aromatic N) is 1. The van der Waals surface area contributed by atoms with Gasteiger partial charge in [-0.05, 0) is 30.9 Å². The van der Waals surface area contributed by atoms with Crippen LogP contribution in [0.15, 0.2) is 22.7 Å². The fraction of sp³-hybridized carbons (Fsp3) is 0.400. The summed E-state index contributed by atoms with van der Waals surface area (Å²) in [7, 11) is 0. The van der Waals surface area contributed by atoms with Crippen molar-refractivity contribution in [2.45, 2.75) is 32.1 Å². The van der Waals surface area contributed by atoms with E-state index in [2.05, 4.69) is 12.1 Å². The van der Waals surface area contributed by atoms with Crippen LogP contribution in [-0.2, 0) is 0 Å². The Labute approximate surface area is 115 Å². The highest BCUT2D eigenvalue weighted by atomic mass is 19.1. The molecular formula is C15H16F2N2O. The van der Waals surface area contributed by atoms with Gasteiger partial charge in [0.05, 0.1) is 5.56 Å². The molecule has 1 aromatic carbocycles. The van der Waals surface area contributed by atoms with E-state index in [9.17, 15) is 8.78 Å². The van der Waals surface area contributed by atoms with Crippen molar-refractivity contribution in [3.05, 3.63) is 35.6 Å². The third-order valence-electron chi connectivity index (χ3n) is 4.14. The van der Waals surface area contributed by atoms with Gasteiger partial charge in [0.2, 0.25) is 0 Å². The second-order valence-electron chi connectivity index (χ2n) is 5.45. The molecule has 1 aromatic heterocycles. The van der Waals surface area contributed by atoms with E-state index in [1.54, 1.807) is 0 Å². The zero-order valence-electron chi connectivity index (χ0n) is 11.2. The summed E-state index contributed by atoms with van der Waals surface area (Å²) in [5, 5.41) is 3.78. The molecule has 0 spiro atoms. The number of anilines is 1. The molecule has 0 radical (unpaired) electrons. The Bertz CT molecular complexity index is 639. The van der Waals surface area contributed by atoms with Crippen molar-refractivity contribution in [1.29, 1.82) is 0 Å². The van der Waals surface area contributed by atoms with Gasteiger partial charge in [0.1, 0.15) is 17.4 Å². The summed E-state index contributed by atoms with van der Waals surface area (Å²) in [6.45, 7) is 2.14. The normalized spacial score (nSPS) is 22.4. The van der Waals surface area contributed by atoms with Crippen LogP contribution in [0.1, 0.15) is 37.9 Å². The lowest BCUT2D eigenvalue weighted by Crippen LogP contribution is -2.03. The van der Waals surface area contributed by atoms with Crippen LogP contribution in [0.5, 0.6) is 0 Å². The lowest BCUT2D eigenvalue weighted by atomic mass is 9.90. The van der Waals surface area contributed by atoms with E-state index in [4.69, 9.17) is 10.3 Å². The first-order valence-electron chi connectivity index (χ1n) is 6.78. The smallest absolute Gasteiger partial charge is 0.175 e. The minimum absolute atomic E-state index is 0.157. The second kappa shape index (κ2) is 4.89. The van der Waals surface area contributed by atoms with Gasteiger partial charge < -0.3 is 10.3 Å². The first-order chi connectivity index (χ1) is 9.58. The lowest BCUT2D eigenvalue weighted by molar-refractivity contribution is 0.341. The van der Waals surface area contributed by atoms with E-state index >= 15 is 0 Å². The summed E-state index contributed by atoms with van der Waals surface area (Å²) >= 11 is 0. The fourth-order valence-electron chi connectivity index (χ4n) is 3.07. The van der Waals surface area contributed by atoms with E-state index in [1.165, 1.54) is 12.1 Å². The molecule has 0 saturated heterocycles. The molecule has 3 rings (SSSR count). The summed E-state index contributed by atoms with van der Waals surface area (Å²) < 4.78 is 32.4. The van der Waals surface area contributed by atoms with Crippen LogP contribution >= 0.6 is 0 Å². The minimum atomic E-state index is -0.646. The van der Waals surface area contributed by atoms with Crippen molar-refractivity contribution in [2.24, 2.45) is 5.92 Å². The quantitative estimate of drug-likeness (QED) is 0.899. The molecule has 3 nitrogen and oxygen atoms in total. The molecule has 1 saturated carbocycles. The Morgan fingerprint density at radius 3 is 2.75 bits per heavy atom. The first-order valence-corrected chi connectivity index (χ1v) is 6.78. The Balaban J connectivity index is 2.11. The Kier molecular flexibility index (Phi) is 3.20. The third kappa shape index (κ3) is 2.07. The van der Waals surface area contributed by atoms with Gasteiger partial charge in [0.15, 0.2) is 5.82 Å². The van der Waals surface area contributed by atoms with Gasteiger partial charge in [0.25, 0.3) is 0 Å². The van der Waals surface area contributed by atoms with Crippen LogP contribution in [0.4, 0.5) is 14.6 Å². The predicted molar refractivity (Wildman–Crippen MR) is 72.0 cm³/mol. The van der Waals surface area contributed by atoms with E-state index in [1.807, 2.05) is 0 Å². The van der Waals surface area contributed by atoms with Crippen molar-refractivity contribution >= 4 is 5.82 Å². The van der Waals surface area contributed by atoms with Crippen LogP contribution < -0.4 is 5.73 Å². The highest BCUT2D eigenvalue weighted by Gasteiger charge is 2.32. The maximum absolute atomic E-state index is 14.0. The zero-order chi connectivity index (χ0) is 14.3. The van der Waals surface area contributed by atoms with Crippen LogP contribution in [0.3, 0.4) is 0 Å². The average Bonchev–Trinajstić information content (AvgIpc) is 2.96. The summed E-state index contributed by atoms with van der Waals surface area (Å²) in [6, 6.07) is 3.45. The van der Waals surface area contributed by atoms with Crippen molar-refractivity contribution < 1.29 is 13.3 Å². The van der Waals surface area contributed by atoms with Crippen molar-refractivity contribution in [3.8, 4) is 11.1 Å². The number of halogens is 2. The van der Waals surface area contributed by atoms with Gasteiger partial charge in [0, 0.05) is 17.5 Å². The minimum Gasteiger partial charge on any atom is -0.380 e. The number of hydrogen-bond donors (Lipinski definition) is 1. The van der Waals surface area contributed by atoms with E-state index < -0.39 is 11.6 Å². The van der Waals surface area contributed by atoms with Crippen LogP contribution in [0.25, 0.3) is 11.1 Å². The van der Waals surface area contributed by atoms with Crippen molar-refractivity contribution in [3.63, 3.8) is 0 Å². The Hall–Kier alpha value is -1.91. The fourth-order valence-corrected chi connectivity index (χ4v) is 3.07. The molecule has 2 unspecified atom stereocenters. The first kappa shape index (κ1) is 13.1. The molecule has 1 fully saturated rings.